The van der Waals surface area contributed by atoms with Crippen molar-refractivity contribution in [3.8, 4) is 39.1 Å². The molecule has 9 aromatic rings. The molecule has 0 aliphatic rings. The average Bonchev–Trinajstić information content (AvgIpc) is 3.65. The Bertz CT molecular complexity index is 3130. The van der Waals surface area contributed by atoms with E-state index in [-0.39, 0.29) is 27.4 Å². The second-order valence-electron chi connectivity index (χ2n) is 11.7. The van der Waals surface area contributed by atoms with E-state index in [4.69, 9.17) is 12.3 Å². The lowest BCUT2D eigenvalue weighted by Crippen LogP contribution is -2.10. The van der Waals surface area contributed by atoms with Crippen molar-refractivity contribution in [2.24, 2.45) is 0 Å². The molecule has 0 N–H and O–H groups in total. The highest BCUT2D eigenvalue weighted by atomic mass is 15.1. The van der Waals surface area contributed by atoms with Crippen LogP contribution in [0.25, 0.3) is 60.9 Å². The monoisotopic (exact) mass is 650 g/mol. The van der Waals surface area contributed by atoms with Crippen molar-refractivity contribution in [1.29, 1.82) is 0 Å². The van der Waals surface area contributed by atoms with Gasteiger partial charge in [0.1, 0.15) is 0 Å². The van der Waals surface area contributed by atoms with Gasteiger partial charge in [0.2, 0.25) is 0 Å². The summed E-state index contributed by atoms with van der Waals surface area (Å²) in [5, 5.41) is -0.113. The van der Waals surface area contributed by atoms with Crippen molar-refractivity contribution >= 4 is 38.9 Å². The lowest BCUT2D eigenvalue weighted by Gasteiger charge is -2.26. The standard InChI is InChI=1S/C48H34N2/c1-4-14-35(15-5-1)37-26-30-41(31-27-37)49(42-32-28-38(29-33-42)36-16-6-2-7-17-36)43-21-12-18-39(34-43)44-23-13-25-47-48(44)45-22-10-11-24-46(45)50(47)40-19-8-3-9-20-40/h1-34H/i3D,8D,9D,10D,11D,13D,19D,20D,22D,23D,24D,25D. The zero-order valence-corrected chi connectivity index (χ0v) is 26.6. The predicted octanol–water partition coefficient (Wildman–Crippen LogP) is 13.3. The molecule has 0 bridgehead atoms. The predicted molar refractivity (Wildman–Crippen MR) is 212 cm³/mol. The van der Waals surface area contributed by atoms with Crippen LogP contribution in [0.2, 0.25) is 0 Å². The summed E-state index contributed by atoms with van der Waals surface area (Å²) in [5.41, 5.74) is 5.95. The van der Waals surface area contributed by atoms with Gasteiger partial charge in [-0.1, -0.05) is 145 Å². The zero-order valence-electron chi connectivity index (χ0n) is 38.6. The molecule has 50 heavy (non-hydrogen) atoms. The summed E-state index contributed by atoms with van der Waals surface area (Å²) in [5.74, 6) is 0. The second kappa shape index (κ2) is 12.8. The highest BCUT2D eigenvalue weighted by Gasteiger charge is 2.18. The van der Waals surface area contributed by atoms with Crippen LogP contribution in [0.1, 0.15) is 16.4 Å². The number of hydrogen-bond acceptors (Lipinski definition) is 1. The van der Waals surface area contributed by atoms with Gasteiger partial charge in [0, 0.05) is 33.5 Å². The number of benzene rings is 8. The number of para-hydroxylation sites is 2. The van der Waals surface area contributed by atoms with E-state index < -0.39 is 78.2 Å². The molecule has 0 fully saturated rings. The van der Waals surface area contributed by atoms with Crippen LogP contribution in [0.4, 0.5) is 17.1 Å². The van der Waals surface area contributed by atoms with Gasteiger partial charge in [0.25, 0.3) is 0 Å². The van der Waals surface area contributed by atoms with Gasteiger partial charge in [-0.25, -0.2) is 0 Å². The fourth-order valence-electron chi connectivity index (χ4n) is 6.48. The fourth-order valence-corrected chi connectivity index (χ4v) is 6.48. The Hall–Kier alpha value is -6.64. The lowest BCUT2D eigenvalue weighted by atomic mass is 9.98. The van der Waals surface area contributed by atoms with Crippen LogP contribution in [-0.2, 0) is 0 Å². The third-order valence-electron chi connectivity index (χ3n) is 8.79. The Morgan fingerprint density at radius 1 is 0.400 bits per heavy atom. The molecular weight excluding hydrogens is 605 g/mol. The maximum atomic E-state index is 9.38. The Balaban J connectivity index is 1.33. The fraction of sp³-hybridized carbons (Fsp3) is 0. The Labute approximate surface area is 309 Å². The molecule has 0 amide bonds. The third kappa shape index (κ3) is 5.34. The Kier molecular flexibility index (Phi) is 4.95. The highest BCUT2D eigenvalue weighted by molar-refractivity contribution is 6.15. The van der Waals surface area contributed by atoms with Crippen molar-refractivity contribution < 1.29 is 16.4 Å². The number of rotatable bonds is 7. The van der Waals surface area contributed by atoms with Crippen LogP contribution in [-0.4, -0.2) is 4.57 Å². The van der Waals surface area contributed by atoms with Crippen LogP contribution in [0.5, 0.6) is 0 Å². The molecule has 0 atom stereocenters. The molecule has 236 valence electrons. The molecule has 0 unspecified atom stereocenters. The SMILES string of the molecule is [2H]c1c([2H])c([2H])c(-n2c3c([2H])c([2H])c([2H])c([2H])c3c3c(-c4cccc(N(c5ccc(-c6ccccc6)cc5)c5ccc(-c6ccccc6)cc5)c4)c([2H])c([2H])c([2H])c32)c([2H])c1[2H]. The molecule has 0 spiro atoms. The van der Waals surface area contributed by atoms with E-state index in [0.29, 0.717) is 11.3 Å². The first-order valence-electron chi connectivity index (χ1n) is 22.1. The molecule has 0 radical (unpaired) electrons. The van der Waals surface area contributed by atoms with Gasteiger partial charge in [-0.3, -0.25) is 0 Å². The van der Waals surface area contributed by atoms with Gasteiger partial charge in [-0.2, -0.15) is 0 Å². The van der Waals surface area contributed by atoms with Crippen LogP contribution in [0.15, 0.2) is 206 Å². The Morgan fingerprint density at radius 2 is 0.940 bits per heavy atom. The zero-order chi connectivity index (χ0) is 43.7. The van der Waals surface area contributed by atoms with E-state index in [0.717, 1.165) is 38.2 Å². The van der Waals surface area contributed by atoms with Crippen LogP contribution in [0, 0.1) is 0 Å². The number of fused-ring (bicyclic) bond motifs is 3. The molecule has 9 rings (SSSR count). The van der Waals surface area contributed by atoms with Gasteiger partial charge in [-0.05, 0) is 93.9 Å². The summed E-state index contributed by atoms with van der Waals surface area (Å²) in [6.07, 6.45) is 0. The van der Waals surface area contributed by atoms with E-state index in [9.17, 15) is 4.11 Å². The van der Waals surface area contributed by atoms with Crippen LogP contribution in [0.3, 0.4) is 0 Å². The van der Waals surface area contributed by atoms with Gasteiger partial charge in [-0.15, -0.1) is 0 Å². The molecule has 0 aliphatic carbocycles. The quantitative estimate of drug-likeness (QED) is 0.167. The molecule has 1 heterocycles. The number of hydrogen-bond donors (Lipinski definition) is 0. The molecule has 8 aromatic carbocycles. The summed E-state index contributed by atoms with van der Waals surface area (Å²) in [6, 6.07) is 36.2. The molecule has 1 aromatic heterocycles. The van der Waals surface area contributed by atoms with E-state index in [1.807, 2.05) is 126 Å². The van der Waals surface area contributed by atoms with E-state index >= 15 is 0 Å². The smallest absolute Gasteiger partial charge is 0.0645 e. The molecule has 2 nitrogen and oxygen atoms in total. The maximum absolute atomic E-state index is 9.38. The molecule has 0 aliphatic heterocycles. The third-order valence-corrected chi connectivity index (χ3v) is 8.79. The number of anilines is 3. The van der Waals surface area contributed by atoms with Gasteiger partial charge in [0.05, 0.1) is 27.5 Å². The Morgan fingerprint density at radius 3 is 1.58 bits per heavy atom. The highest BCUT2D eigenvalue weighted by Crippen LogP contribution is 2.42. The summed E-state index contributed by atoms with van der Waals surface area (Å²) < 4.78 is 107. The average molecular weight is 651 g/mol. The van der Waals surface area contributed by atoms with Gasteiger partial charge in [0.15, 0.2) is 0 Å². The molecule has 2 heteroatoms. The minimum Gasteiger partial charge on any atom is -0.310 e. The second-order valence-corrected chi connectivity index (χ2v) is 11.7. The maximum Gasteiger partial charge on any atom is 0.0645 e. The van der Waals surface area contributed by atoms with E-state index in [2.05, 4.69) is 0 Å². The number of aromatic nitrogens is 1. The lowest BCUT2D eigenvalue weighted by molar-refractivity contribution is 1.18. The normalized spacial score (nSPS) is 14.6. The van der Waals surface area contributed by atoms with Crippen LogP contribution < -0.4 is 4.90 Å². The van der Waals surface area contributed by atoms with Crippen molar-refractivity contribution in [3.63, 3.8) is 0 Å². The van der Waals surface area contributed by atoms with E-state index in [1.54, 1.807) is 12.1 Å². The topological polar surface area (TPSA) is 8.17 Å². The van der Waals surface area contributed by atoms with Gasteiger partial charge >= 0.3 is 0 Å². The van der Waals surface area contributed by atoms with Crippen molar-refractivity contribution in [2.75, 3.05) is 4.90 Å². The molecular formula is C48H34N2. The molecule has 0 saturated carbocycles. The van der Waals surface area contributed by atoms with Crippen molar-refractivity contribution in [2.45, 2.75) is 0 Å². The molecule has 0 saturated heterocycles. The largest absolute Gasteiger partial charge is 0.310 e. The summed E-state index contributed by atoms with van der Waals surface area (Å²) in [7, 11) is 0. The summed E-state index contributed by atoms with van der Waals surface area (Å²) in [6.45, 7) is 0. The minimum absolute atomic E-state index is 0.00735. The van der Waals surface area contributed by atoms with E-state index in [1.165, 1.54) is 0 Å². The van der Waals surface area contributed by atoms with Crippen LogP contribution >= 0.6 is 0 Å². The first-order valence-corrected chi connectivity index (χ1v) is 16.1. The van der Waals surface area contributed by atoms with Gasteiger partial charge < -0.3 is 9.47 Å². The van der Waals surface area contributed by atoms with Crippen molar-refractivity contribution in [1.82, 2.24) is 4.57 Å². The minimum atomic E-state index is -0.687. The first kappa shape index (κ1) is 19.4. The number of nitrogens with zero attached hydrogens (tertiary/aromatic N) is 2. The van der Waals surface area contributed by atoms with Crippen molar-refractivity contribution in [3.05, 3.63) is 206 Å². The first-order chi connectivity index (χ1) is 29.8. The summed E-state index contributed by atoms with van der Waals surface area (Å²) >= 11 is 0. The summed E-state index contributed by atoms with van der Waals surface area (Å²) in [4.78, 5) is 2.04.